The molecule has 0 heterocycles. The number of aliphatic hydroxyl groups is 2. The van der Waals surface area contributed by atoms with Gasteiger partial charge in [-0.1, -0.05) is 23.9 Å². The number of aliphatic hydroxyl groups excluding tert-OH is 2. The van der Waals surface area contributed by atoms with Crippen LogP contribution in [0.1, 0.15) is 25.0 Å². The molecule has 0 saturated heterocycles. The van der Waals surface area contributed by atoms with E-state index in [1.807, 2.05) is 0 Å². The molecular formula is C13H16F2O4S. The Labute approximate surface area is 119 Å². The molecule has 0 aliphatic carbocycles. The van der Waals surface area contributed by atoms with Crippen LogP contribution in [-0.4, -0.2) is 33.8 Å². The van der Waals surface area contributed by atoms with Gasteiger partial charge in [0, 0.05) is 12.7 Å². The average Bonchev–Trinajstić information content (AvgIpc) is 2.36. The largest absolute Gasteiger partial charge is 0.435 e. The van der Waals surface area contributed by atoms with E-state index >= 15 is 0 Å². The second kappa shape index (κ2) is 8.18. The Kier molecular flexibility index (Phi) is 6.90. The van der Waals surface area contributed by atoms with E-state index < -0.39 is 18.8 Å². The molecule has 20 heavy (non-hydrogen) atoms. The smallest absolute Gasteiger partial charge is 0.387 e. The maximum absolute atomic E-state index is 12.1. The summed E-state index contributed by atoms with van der Waals surface area (Å²) in [6.07, 6.45) is -2.09. The van der Waals surface area contributed by atoms with Crippen LogP contribution in [0.2, 0.25) is 0 Å². The molecule has 2 unspecified atom stereocenters. The van der Waals surface area contributed by atoms with E-state index in [1.165, 1.54) is 31.2 Å². The molecule has 0 saturated carbocycles. The highest BCUT2D eigenvalue weighted by Gasteiger charge is 2.19. The molecule has 0 aliphatic rings. The van der Waals surface area contributed by atoms with Gasteiger partial charge in [0.15, 0.2) is 5.12 Å². The van der Waals surface area contributed by atoms with Crippen molar-refractivity contribution in [2.45, 2.75) is 32.2 Å². The Morgan fingerprint density at radius 2 is 2.10 bits per heavy atom. The van der Waals surface area contributed by atoms with Crippen LogP contribution in [0.5, 0.6) is 5.75 Å². The number of thioether (sulfide) groups is 1. The number of halogens is 2. The van der Waals surface area contributed by atoms with Gasteiger partial charge in [-0.05, 0) is 24.1 Å². The minimum absolute atomic E-state index is 0.0704. The van der Waals surface area contributed by atoms with Gasteiger partial charge in [0.05, 0.1) is 6.10 Å². The van der Waals surface area contributed by atoms with Gasteiger partial charge in [-0.25, -0.2) is 0 Å². The zero-order chi connectivity index (χ0) is 15.1. The molecule has 2 N–H and O–H groups in total. The van der Waals surface area contributed by atoms with Crippen LogP contribution in [0.25, 0.3) is 0 Å². The molecule has 1 aromatic rings. The SMILES string of the molecule is CC(=O)SCCC(O)C(O)c1cccc(OC(F)F)c1. The fraction of sp³-hybridized carbons (Fsp3) is 0.462. The molecule has 0 amide bonds. The van der Waals surface area contributed by atoms with Crippen molar-refractivity contribution in [1.29, 1.82) is 0 Å². The van der Waals surface area contributed by atoms with Crippen molar-refractivity contribution >= 4 is 16.9 Å². The molecule has 1 rings (SSSR count). The monoisotopic (exact) mass is 306 g/mol. The predicted octanol–water partition coefficient (Wildman–Crippen LogP) is 2.35. The number of ether oxygens (including phenoxy) is 1. The molecule has 4 nitrogen and oxygen atoms in total. The molecule has 0 spiro atoms. The summed E-state index contributed by atoms with van der Waals surface area (Å²) in [6, 6.07) is 5.54. The normalized spacial score (nSPS) is 14.1. The van der Waals surface area contributed by atoms with Gasteiger partial charge in [0.1, 0.15) is 11.9 Å². The van der Waals surface area contributed by atoms with Gasteiger partial charge < -0.3 is 14.9 Å². The van der Waals surface area contributed by atoms with E-state index in [0.717, 1.165) is 11.8 Å². The fourth-order valence-electron chi connectivity index (χ4n) is 1.58. The summed E-state index contributed by atoms with van der Waals surface area (Å²) in [5.41, 5.74) is 0.281. The van der Waals surface area contributed by atoms with Crippen molar-refractivity contribution in [2.75, 3.05) is 5.75 Å². The Morgan fingerprint density at radius 3 is 2.70 bits per heavy atom. The third-order valence-corrected chi connectivity index (χ3v) is 3.35. The van der Waals surface area contributed by atoms with Crippen LogP contribution in [0.3, 0.4) is 0 Å². The van der Waals surface area contributed by atoms with E-state index in [9.17, 15) is 23.8 Å². The molecule has 0 radical (unpaired) electrons. The van der Waals surface area contributed by atoms with E-state index in [1.54, 1.807) is 0 Å². The number of hydrogen-bond donors (Lipinski definition) is 2. The second-order valence-electron chi connectivity index (χ2n) is 4.09. The third kappa shape index (κ3) is 5.85. The van der Waals surface area contributed by atoms with E-state index in [-0.39, 0.29) is 22.8 Å². The van der Waals surface area contributed by atoms with E-state index in [4.69, 9.17) is 0 Å². The molecule has 7 heteroatoms. The summed E-state index contributed by atoms with van der Waals surface area (Å²) in [4.78, 5) is 10.7. The van der Waals surface area contributed by atoms with E-state index in [0.29, 0.717) is 5.75 Å². The Bertz CT molecular complexity index is 442. The van der Waals surface area contributed by atoms with Crippen molar-refractivity contribution < 1.29 is 28.5 Å². The van der Waals surface area contributed by atoms with Gasteiger partial charge >= 0.3 is 6.61 Å². The van der Waals surface area contributed by atoms with Gasteiger partial charge in [-0.3, -0.25) is 4.79 Å². The Balaban J connectivity index is 2.61. The van der Waals surface area contributed by atoms with Crippen molar-refractivity contribution in [2.24, 2.45) is 0 Å². The van der Waals surface area contributed by atoms with Gasteiger partial charge in [0.2, 0.25) is 0 Å². The highest BCUT2D eigenvalue weighted by Crippen LogP contribution is 2.24. The maximum Gasteiger partial charge on any atom is 0.387 e. The molecule has 0 bridgehead atoms. The maximum atomic E-state index is 12.1. The minimum atomic E-state index is -2.95. The van der Waals surface area contributed by atoms with Crippen molar-refractivity contribution in [1.82, 2.24) is 0 Å². The quantitative estimate of drug-likeness (QED) is 0.809. The first kappa shape index (κ1) is 16.9. The second-order valence-corrected chi connectivity index (χ2v) is 5.36. The lowest BCUT2D eigenvalue weighted by atomic mass is 10.0. The average molecular weight is 306 g/mol. The highest BCUT2D eigenvalue weighted by atomic mass is 32.2. The number of hydrogen-bond acceptors (Lipinski definition) is 5. The molecule has 0 aliphatic heterocycles. The van der Waals surface area contributed by atoms with Crippen LogP contribution in [-0.2, 0) is 4.79 Å². The van der Waals surface area contributed by atoms with Gasteiger partial charge in [-0.15, -0.1) is 0 Å². The standard InChI is InChI=1S/C13H16F2O4S/c1-8(16)20-6-5-11(17)12(18)9-3-2-4-10(7-9)19-13(14)15/h2-4,7,11-13,17-18H,5-6H2,1H3. The zero-order valence-electron chi connectivity index (χ0n) is 10.8. The zero-order valence-corrected chi connectivity index (χ0v) is 11.6. The van der Waals surface area contributed by atoms with Crippen LogP contribution in [0, 0.1) is 0 Å². The first-order chi connectivity index (χ1) is 9.40. The predicted molar refractivity (Wildman–Crippen MR) is 71.8 cm³/mol. The summed E-state index contributed by atoms with van der Waals surface area (Å²) in [7, 11) is 0. The van der Waals surface area contributed by atoms with Crippen molar-refractivity contribution in [3.05, 3.63) is 29.8 Å². The lowest BCUT2D eigenvalue weighted by Gasteiger charge is -2.18. The Hall–Kier alpha value is -1.18. The van der Waals surface area contributed by atoms with Crippen LogP contribution in [0.4, 0.5) is 8.78 Å². The topological polar surface area (TPSA) is 66.8 Å². The van der Waals surface area contributed by atoms with Crippen LogP contribution >= 0.6 is 11.8 Å². The number of benzene rings is 1. The van der Waals surface area contributed by atoms with Crippen molar-refractivity contribution in [3.63, 3.8) is 0 Å². The molecule has 2 atom stereocenters. The highest BCUT2D eigenvalue weighted by molar-refractivity contribution is 8.13. The van der Waals surface area contributed by atoms with Crippen molar-refractivity contribution in [3.8, 4) is 5.75 Å². The molecule has 0 fully saturated rings. The first-order valence-electron chi connectivity index (χ1n) is 5.94. The van der Waals surface area contributed by atoms with E-state index in [2.05, 4.69) is 4.74 Å². The molecule has 1 aromatic carbocycles. The number of rotatable bonds is 7. The summed E-state index contributed by atoms with van der Waals surface area (Å²) in [6.45, 7) is -1.53. The molecular weight excluding hydrogens is 290 g/mol. The lowest BCUT2D eigenvalue weighted by Crippen LogP contribution is -2.19. The van der Waals surface area contributed by atoms with Gasteiger partial charge in [0.25, 0.3) is 0 Å². The minimum Gasteiger partial charge on any atom is -0.435 e. The third-order valence-electron chi connectivity index (χ3n) is 2.51. The number of carbonyl (C=O) groups excluding carboxylic acids is 1. The Morgan fingerprint density at radius 1 is 1.40 bits per heavy atom. The first-order valence-corrected chi connectivity index (χ1v) is 6.93. The number of alkyl halides is 2. The molecule has 0 aromatic heterocycles. The van der Waals surface area contributed by atoms with Crippen LogP contribution < -0.4 is 4.74 Å². The van der Waals surface area contributed by atoms with Gasteiger partial charge in [-0.2, -0.15) is 8.78 Å². The fourth-order valence-corrected chi connectivity index (χ4v) is 2.22. The molecule has 112 valence electrons. The number of carbonyl (C=O) groups is 1. The summed E-state index contributed by atoms with van der Waals surface area (Å²) >= 11 is 1.05. The lowest BCUT2D eigenvalue weighted by molar-refractivity contribution is -0.109. The summed E-state index contributed by atoms with van der Waals surface area (Å²) < 4.78 is 28.4. The summed E-state index contributed by atoms with van der Waals surface area (Å²) in [5, 5.41) is 19.6. The summed E-state index contributed by atoms with van der Waals surface area (Å²) in [5.74, 6) is 0.294. The van der Waals surface area contributed by atoms with Crippen LogP contribution in [0.15, 0.2) is 24.3 Å².